The van der Waals surface area contributed by atoms with E-state index < -0.39 is 0 Å². The van der Waals surface area contributed by atoms with Crippen LogP contribution in [0, 0.1) is 0 Å². The number of hydrogen-bond donors (Lipinski definition) is 1. The molecule has 0 spiro atoms. The van der Waals surface area contributed by atoms with Crippen LogP contribution in [0.4, 0.5) is 0 Å². The number of ether oxygens (including phenoxy) is 2. The van der Waals surface area contributed by atoms with Crippen LogP contribution in [-0.4, -0.2) is 31.6 Å². The van der Waals surface area contributed by atoms with E-state index in [0.29, 0.717) is 6.04 Å². The fraction of sp³-hybridized carbons (Fsp3) is 1.00. The van der Waals surface area contributed by atoms with Gasteiger partial charge in [-0.1, -0.05) is 13.8 Å². The third-order valence-corrected chi connectivity index (χ3v) is 2.60. The summed E-state index contributed by atoms with van der Waals surface area (Å²) in [6.07, 6.45) is 2.32. The third-order valence-electron chi connectivity index (χ3n) is 2.60. The van der Waals surface area contributed by atoms with Gasteiger partial charge in [0.2, 0.25) is 0 Å². The summed E-state index contributed by atoms with van der Waals surface area (Å²) >= 11 is 0. The van der Waals surface area contributed by atoms with Crippen LogP contribution < -0.4 is 5.32 Å². The summed E-state index contributed by atoms with van der Waals surface area (Å²) in [6.45, 7) is 8.62. The molecular weight excluding hydrogens is 166 g/mol. The molecule has 0 saturated carbocycles. The lowest BCUT2D eigenvalue weighted by molar-refractivity contribution is -0.139. The van der Waals surface area contributed by atoms with Gasteiger partial charge in [-0.2, -0.15) is 0 Å². The molecule has 1 saturated heterocycles. The zero-order valence-electron chi connectivity index (χ0n) is 8.93. The minimum Gasteiger partial charge on any atom is -0.347 e. The monoisotopic (exact) mass is 187 g/mol. The van der Waals surface area contributed by atoms with E-state index in [2.05, 4.69) is 19.2 Å². The zero-order valence-corrected chi connectivity index (χ0v) is 8.93. The summed E-state index contributed by atoms with van der Waals surface area (Å²) in [5.41, 5.74) is 0. The maximum absolute atomic E-state index is 5.50. The van der Waals surface area contributed by atoms with Crippen molar-refractivity contribution in [3.05, 3.63) is 0 Å². The highest BCUT2D eigenvalue weighted by Crippen LogP contribution is 2.17. The second-order valence-electron chi connectivity index (χ2n) is 3.73. The first kappa shape index (κ1) is 11.0. The van der Waals surface area contributed by atoms with Crippen LogP contribution in [0.2, 0.25) is 0 Å². The molecule has 1 N–H and O–H groups in total. The average Bonchev–Trinajstić information content (AvgIpc) is 2.55. The second-order valence-corrected chi connectivity index (χ2v) is 3.73. The first-order chi connectivity index (χ1) is 6.20. The fourth-order valence-corrected chi connectivity index (χ4v) is 1.57. The Kier molecular flexibility index (Phi) is 4.16. The van der Waals surface area contributed by atoms with Gasteiger partial charge in [-0.05, 0) is 19.8 Å². The van der Waals surface area contributed by atoms with Gasteiger partial charge in [0.1, 0.15) is 0 Å². The predicted molar refractivity (Wildman–Crippen MR) is 52.7 cm³/mol. The van der Waals surface area contributed by atoms with Crippen LogP contribution >= 0.6 is 0 Å². The van der Waals surface area contributed by atoms with E-state index in [0.717, 1.165) is 32.6 Å². The van der Waals surface area contributed by atoms with Crippen molar-refractivity contribution in [3.8, 4) is 0 Å². The second kappa shape index (κ2) is 4.94. The van der Waals surface area contributed by atoms with Gasteiger partial charge in [-0.15, -0.1) is 0 Å². The molecule has 0 aromatic carbocycles. The largest absolute Gasteiger partial charge is 0.347 e. The first-order valence-corrected chi connectivity index (χ1v) is 5.21. The summed E-state index contributed by atoms with van der Waals surface area (Å²) in [5, 5.41) is 3.45. The lowest BCUT2D eigenvalue weighted by Gasteiger charge is -2.25. The number of rotatable bonds is 5. The van der Waals surface area contributed by atoms with E-state index in [1.807, 2.05) is 6.92 Å². The number of hydrogen-bond acceptors (Lipinski definition) is 3. The minimum absolute atomic E-state index is 0.386. The average molecular weight is 187 g/mol. The summed E-state index contributed by atoms with van der Waals surface area (Å²) in [4.78, 5) is 0. The molecule has 13 heavy (non-hydrogen) atoms. The molecule has 0 aromatic heterocycles. The van der Waals surface area contributed by atoms with E-state index in [1.54, 1.807) is 0 Å². The van der Waals surface area contributed by atoms with E-state index in [1.165, 1.54) is 0 Å². The topological polar surface area (TPSA) is 30.5 Å². The van der Waals surface area contributed by atoms with Crippen molar-refractivity contribution in [1.29, 1.82) is 0 Å². The normalized spacial score (nSPS) is 21.2. The molecule has 3 nitrogen and oxygen atoms in total. The Balaban J connectivity index is 2.23. The Labute approximate surface area is 80.8 Å². The summed E-state index contributed by atoms with van der Waals surface area (Å²) < 4.78 is 11.0. The lowest BCUT2D eigenvalue weighted by atomic mass is 10.1. The predicted octanol–water partition coefficient (Wildman–Crippen LogP) is 1.53. The highest BCUT2D eigenvalue weighted by Gasteiger charge is 2.30. The summed E-state index contributed by atoms with van der Waals surface area (Å²) in [6, 6.07) is 0.588. The van der Waals surface area contributed by atoms with Crippen LogP contribution in [0.1, 0.15) is 33.6 Å². The molecule has 0 aliphatic carbocycles. The van der Waals surface area contributed by atoms with Gasteiger partial charge < -0.3 is 14.8 Å². The molecule has 0 aromatic rings. The van der Waals surface area contributed by atoms with E-state index in [9.17, 15) is 0 Å². The van der Waals surface area contributed by atoms with Crippen LogP contribution in [0.15, 0.2) is 0 Å². The van der Waals surface area contributed by atoms with Gasteiger partial charge in [-0.3, -0.25) is 0 Å². The molecule has 0 bridgehead atoms. The van der Waals surface area contributed by atoms with E-state index in [-0.39, 0.29) is 5.79 Å². The highest BCUT2D eigenvalue weighted by atomic mass is 16.7. The van der Waals surface area contributed by atoms with Crippen molar-refractivity contribution in [3.63, 3.8) is 0 Å². The molecule has 1 rings (SSSR count). The molecule has 78 valence electrons. The van der Waals surface area contributed by atoms with E-state index >= 15 is 0 Å². The Morgan fingerprint density at radius 2 is 1.77 bits per heavy atom. The molecule has 0 radical (unpaired) electrons. The summed E-state index contributed by atoms with van der Waals surface area (Å²) in [7, 11) is 0. The van der Waals surface area contributed by atoms with Crippen LogP contribution in [0.5, 0.6) is 0 Å². The van der Waals surface area contributed by atoms with Crippen molar-refractivity contribution in [2.24, 2.45) is 0 Å². The summed E-state index contributed by atoms with van der Waals surface area (Å²) in [5.74, 6) is -0.386. The molecule has 3 heteroatoms. The lowest BCUT2D eigenvalue weighted by Crippen LogP contribution is -2.42. The molecule has 1 fully saturated rings. The molecule has 1 aliphatic rings. The van der Waals surface area contributed by atoms with Gasteiger partial charge in [0, 0.05) is 12.6 Å². The van der Waals surface area contributed by atoms with E-state index in [4.69, 9.17) is 9.47 Å². The SMILES string of the molecule is CCC(CC)NCC1(C)OCCO1. The molecule has 0 atom stereocenters. The quantitative estimate of drug-likeness (QED) is 0.708. The fourth-order valence-electron chi connectivity index (χ4n) is 1.57. The maximum atomic E-state index is 5.50. The molecule has 0 amide bonds. The standard InChI is InChI=1S/C10H21NO2/c1-4-9(5-2)11-8-10(3)12-6-7-13-10/h9,11H,4-8H2,1-3H3. The van der Waals surface area contributed by atoms with Crippen LogP contribution in [0.25, 0.3) is 0 Å². The smallest absolute Gasteiger partial charge is 0.178 e. The Bertz CT molecular complexity index is 140. The zero-order chi connectivity index (χ0) is 9.73. The molecule has 1 heterocycles. The molecular formula is C10H21NO2. The third kappa shape index (κ3) is 3.25. The molecule has 1 aliphatic heterocycles. The van der Waals surface area contributed by atoms with Gasteiger partial charge in [0.25, 0.3) is 0 Å². The van der Waals surface area contributed by atoms with Gasteiger partial charge in [0.05, 0.1) is 13.2 Å². The Morgan fingerprint density at radius 1 is 1.23 bits per heavy atom. The van der Waals surface area contributed by atoms with Gasteiger partial charge in [0.15, 0.2) is 5.79 Å². The van der Waals surface area contributed by atoms with Crippen LogP contribution in [0.3, 0.4) is 0 Å². The first-order valence-electron chi connectivity index (χ1n) is 5.21. The number of nitrogens with one attached hydrogen (secondary N) is 1. The van der Waals surface area contributed by atoms with Crippen LogP contribution in [-0.2, 0) is 9.47 Å². The van der Waals surface area contributed by atoms with Gasteiger partial charge >= 0.3 is 0 Å². The molecule has 0 unspecified atom stereocenters. The Hall–Kier alpha value is -0.120. The van der Waals surface area contributed by atoms with Crippen molar-refractivity contribution in [2.75, 3.05) is 19.8 Å². The highest BCUT2D eigenvalue weighted by molar-refractivity contribution is 4.74. The van der Waals surface area contributed by atoms with Crippen molar-refractivity contribution in [2.45, 2.75) is 45.4 Å². The van der Waals surface area contributed by atoms with Crippen molar-refractivity contribution >= 4 is 0 Å². The van der Waals surface area contributed by atoms with Crippen molar-refractivity contribution in [1.82, 2.24) is 5.32 Å². The Morgan fingerprint density at radius 3 is 2.23 bits per heavy atom. The minimum atomic E-state index is -0.386. The van der Waals surface area contributed by atoms with Gasteiger partial charge in [-0.25, -0.2) is 0 Å². The maximum Gasteiger partial charge on any atom is 0.178 e. The van der Waals surface area contributed by atoms with Crippen molar-refractivity contribution < 1.29 is 9.47 Å².